The second kappa shape index (κ2) is 3.72. The van der Waals surface area contributed by atoms with E-state index in [2.05, 4.69) is 5.32 Å². The molecular weight excluding hydrogens is 233 g/mol. The fourth-order valence-corrected chi connectivity index (χ4v) is 3.20. The number of carbonyl (C=O) groups is 1. The van der Waals surface area contributed by atoms with Crippen molar-refractivity contribution in [3.63, 3.8) is 0 Å². The Kier molecular flexibility index (Phi) is 2.76. The summed E-state index contributed by atoms with van der Waals surface area (Å²) in [7, 11) is 0. The minimum atomic E-state index is -0.490. The van der Waals surface area contributed by atoms with Gasteiger partial charge in [0, 0.05) is 11.0 Å². The molecule has 1 N–H and O–H groups in total. The maximum Gasteiger partial charge on any atom is 0.408 e. The van der Waals surface area contributed by atoms with Crippen molar-refractivity contribution in [2.24, 2.45) is 5.41 Å². The molecule has 4 heteroatoms. The number of nitrogens with one attached hydrogen (secondary N) is 1. The summed E-state index contributed by atoms with van der Waals surface area (Å²) >= 11 is 0. The van der Waals surface area contributed by atoms with E-state index in [-0.39, 0.29) is 16.8 Å². The lowest BCUT2D eigenvalue weighted by Gasteiger charge is -2.69. The summed E-state index contributed by atoms with van der Waals surface area (Å²) in [5.74, 6) is 0.00960. The quantitative estimate of drug-likeness (QED) is 0.817. The average Bonchev–Trinajstić information content (AvgIpc) is 2.04. The Morgan fingerprint density at radius 1 is 1.22 bits per heavy atom. The van der Waals surface area contributed by atoms with Crippen LogP contribution in [0.4, 0.5) is 9.18 Å². The van der Waals surface area contributed by atoms with Crippen LogP contribution >= 0.6 is 0 Å². The highest BCUT2D eigenvalue weighted by molar-refractivity contribution is 5.70. The van der Waals surface area contributed by atoms with Gasteiger partial charge in [-0.25, -0.2) is 9.18 Å². The summed E-state index contributed by atoms with van der Waals surface area (Å²) in [6, 6.07) is 0. The van der Waals surface area contributed by atoms with Gasteiger partial charge in [0.1, 0.15) is 11.4 Å². The Labute approximate surface area is 108 Å². The number of hydrogen-bond acceptors (Lipinski definition) is 2. The predicted octanol–water partition coefficient (Wildman–Crippen LogP) is 3.70. The van der Waals surface area contributed by atoms with Crippen molar-refractivity contribution in [1.29, 1.82) is 0 Å². The largest absolute Gasteiger partial charge is 0.444 e. The van der Waals surface area contributed by atoms with E-state index >= 15 is 0 Å². The maximum absolute atomic E-state index is 13.9. The van der Waals surface area contributed by atoms with Gasteiger partial charge in [0.15, 0.2) is 0 Å². The molecule has 0 aromatic rings. The fraction of sp³-hybridized carbons (Fsp3) is 0.786. The van der Waals surface area contributed by atoms with Crippen molar-refractivity contribution in [1.82, 2.24) is 5.32 Å². The zero-order valence-corrected chi connectivity index (χ0v) is 11.8. The number of alkyl carbamates (subject to hydrolysis) is 1. The lowest BCUT2D eigenvalue weighted by molar-refractivity contribution is -0.136. The van der Waals surface area contributed by atoms with Crippen molar-refractivity contribution in [2.45, 2.75) is 65.0 Å². The second-order valence-corrected chi connectivity index (χ2v) is 7.03. The Hall–Kier alpha value is -1.06. The third-order valence-electron chi connectivity index (χ3n) is 3.70. The van der Waals surface area contributed by atoms with E-state index in [9.17, 15) is 9.18 Å². The molecule has 3 fully saturated rings. The van der Waals surface area contributed by atoms with Crippen LogP contribution < -0.4 is 5.32 Å². The number of rotatable bonds is 2. The molecule has 102 valence electrons. The number of ether oxygens (including phenoxy) is 1. The molecule has 3 nitrogen and oxygen atoms in total. The van der Waals surface area contributed by atoms with E-state index in [1.165, 1.54) is 0 Å². The highest BCUT2D eigenvalue weighted by atomic mass is 19.1. The third-order valence-corrected chi connectivity index (χ3v) is 3.70. The number of hydrogen-bond donors (Lipinski definition) is 1. The van der Waals surface area contributed by atoms with Gasteiger partial charge in [-0.2, -0.15) is 0 Å². The Bertz CT molecular complexity index is 396. The molecule has 3 aliphatic rings. The van der Waals surface area contributed by atoms with E-state index in [0.717, 1.165) is 5.57 Å². The molecule has 3 saturated carbocycles. The molecule has 0 unspecified atom stereocenters. The van der Waals surface area contributed by atoms with Crippen LogP contribution in [0.1, 0.15) is 53.9 Å². The van der Waals surface area contributed by atoms with Crippen LogP contribution in [0.5, 0.6) is 0 Å². The molecule has 0 aromatic heterocycles. The zero-order chi connectivity index (χ0) is 13.8. The molecule has 2 bridgehead atoms. The van der Waals surface area contributed by atoms with Gasteiger partial charge < -0.3 is 10.1 Å². The minimum absolute atomic E-state index is 0.00960. The van der Waals surface area contributed by atoms with Crippen LogP contribution in [0.15, 0.2) is 11.4 Å². The molecular formula is C14H22FNO2. The highest BCUT2D eigenvalue weighted by Crippen LogP contribution is 2.71. The van der Waals surface area contributed by atoms with Crippen LogP contribution in [-0.2, 0) is 4.74 Å². The van der Waals surface area contributed by atoms with Crippen molar-refractivity contribution in [3.8, 4) is 0 Å². The smallest absolute Gasteiger partial charge is 0.408 e. The Morgan fingerprint density at radius 3 is 2.11 bits per heavy atom. The van der Waals surface area contributed by atoms with Crippen LogP contribution in [0.2, 0.25) is 0 Å². The number of halogens is 1. The number of carbonyl (C=O) groups excluding carboxylic acids is 1. The van der Waals surface area contributed by atoms with Gasteiger partial charge in [0.25, 0.3) is 0 Å². The summed E-state index contributed by atoms with van der Waals surface area (Å²) in [6.07, 6.45) is 1.72. The first-order valence-corrected chi connectivity index (χ1v) is 6.42. The predicted molar refractivity (Wildman–Crippen MR) is 67.9 cm³/mol. The summed E-state index contributed by atoms with van der Waals surface area (Å²) in [5.41, 5.74) is -0.236. The van der Waals surface area contributed by atoms with Gasteiger partial charge in [0.2, 0.25) is 0 Å². The topological polar surface area (TPSA) is 38.3 Å². The van der Waals surface area contributed by atoms with Crippen LogP contribution in [0.25, 0.3) is 0 Å². The van der Waals surface area contributed by atoms with Gasteiger partial charge in [-0.3, -0.25) is 0 Å². The molecule has 1 amide bonds. The molecule has 3 aliphatic carbocycles. The normalized spacial score (nSPS) is 33.0. The Balaban J connectivity index is 1.88. The van der Waals surface area contributed by atoms with Gasteiger partial charge in [-0.15, -0.1) is 0 Å². The van der Waals surface area contributed by atoms with Crippen molar-refractivity contribution in [3.05, 3.63) is 11.4 Å². The molecule has 0 atom stereocenters. The molecule has 0 heterocycles. The SMILES string of the molecule is CC(C)=C(F)C12CC(NC(=O)OC(C)(C)C)(C1)C2. The monoisotopic (exact) mass is 255 g/mol. The van der Waals surface area contributed by atoms with E-state index < -0.39 is 11.7 Å². The third kappa shape index (κ3) is 2.13. The van der Waals surface area contributed by atoms with Crippen molar-refractivity contribution in [2.75, 3.05) is 0 Å². The minimum Gasteiger partial charge on any atom is -0.444 e. The summed E-state index contributed by atoms with van der Waals surface area (Å²) in [4.78, 5) is 11.7. The summed E-state index contributed by atoms with van der Waals surface area (Å²) in [6.45, 7) is 9.09. The average molecular weight is 255 g/mol. The Morgan fingerprint density at radius 2 is 1.72 bits per heavy atom. The molecule has 0 aliphatic heterocycles. The molecule has 0 spiro atoms. The zero-order valence-electron chi connectivity index (χ0n) is 11.8. The molecule has 0 saturated heterocycles. The first kappa shape index (κ1) is 13.4. The first-order valence-electron chi connectivity index (χ1n) is 6.42. The lowest BCUT2D eigenvalue weighted by atomic mass is 9.38. The number of allylic oxidation sites excluding steroid dienone is 2. The summed E-state index contributed by atoms with van der Waals surface area (Å²) in [5, 5.41) is 2.88. The van der Waals surface area contributed by atoms with E-state index in [0.29, 0.717) is 19.3 Å². The van der Waals surface area contributed by atoms with Gasteiger partial charge in [-0.05, 0) is 59.5 Å². The van der Waals surface area contributed by atoms with Crippen molar-refractivity contribution < 1.29 is 13.9 Å². The van der Waals surface area contributed by atoms with E-state index in [1.807, 2.05) is 20.8 Å². The van der Waals surface area contributed by atoms with Gasteiger partial charge >= 0.3 is 6.09 Å². The standard InChI is InChI=1S/C14H22FNO2/c1-9(2)10(15)13-6-14(7-13,8-13)16-11(17)18-12(3,4)5/h6-8H2,1-5H3,(H,16,17). The lowest BCUT2D eigenvalue weighted by Crippen LogP contribution is -2.75. The number of amides is 1. The maximum atomic E-state index is 13.9. The second-order valence-electron chi connectivity index (χ2n) is 7.03. The van der Waals surface area contributed by atoms with Gasteiger partial charge in [0.05, 0.1) is 0 Å². The van der Waals surface area contributed by atoms with E-state index in [1.54, 1.807) is 13.8 Å². The first-order chi connectivity index (χ1) is 8.08. The van der Waals surface area contributed by atoms with Crippen molar-refractivity contribution >= 4 is 6.09 Å². The molecule has 0 aromatic carbocycles. The van der Waals surface area contributed by atoms with E-state index in [4.69, 9.17) is 4.74 Å². The summed E-state index contributed by atoms with van der Waals surface area (Å²) < 4.78 is 19.1. The molecule has 18 heavy (non-hydrogen) atoms. The van der Waals surface area contributed by atoms with Gasteiger partial charge in [-0.1, -0.05) is 0 Å². The fourth-order valence-electron chi connectivity index (χ4n) is 3.20. The van der Waals surface area contributed by atoms with Crippen LogP contribution in [0, 0.1) is 5.41 Å². The van der Waals surface area contributed by atoms with Crippen LogP contribution in [-0.4, -0.2) is 17.2 Å². The molecule has 3 rings (SSSR count). The highest BCUT2D eigenvalue weighted by Gasteiger charge is 2.71. The van der Waals surface area contributed by atoms with Crippen LogP contribution in [0.3, 0.4) is 0 Å². The molecule has 0 radical (unpaired) electrons.